The van der Waals surface area contributed by atoms with Gasteiger partial charge in [-0.15, -0.1) is 0 Å². The summed E-state index contributed by atoms with van der Waals surface area (Å²) < 4.78 is 4.90. The van der Waals surface area contributed by atoms with Crippen molar-refractivity contribution in [3.05, 3.63) is 29.3 Å². The van der Waals surface area contributed by atoms with E-state index in [1.807, 2.05) is 37.9 Å². The number of ether oxygens (including phenoxy) is 1. The Morgan fingerprint density at radius 3 is 2.18 bits per heavy atom. The van der Waals surface area contributed by atoms with Gasteiger partial charge in [0.15, 0.2) is 0 Å². The first kappa shape index (κ1) is 24.2. The van der Waals surface area contributed by atoms with Gasteiger partial charge in [0.05, 0.1) is 25.2 Å². The van der Waals surface area contributed by atoms with Gasteiger partial charge in [0, 0.05) is 38.0 Å². The summed E-state index contributed by atoms with van der Waals surface area (Å²) in [5.74, 6) is -0.371. The Kier molecular flexibility index (Phi) is 9.20. The number of hydrogen-bond donors (Lipinski definition) is 3. The zero-order chi connectivity index (χ0) is 21.4. The summed E-state index contributed by atoms with van der Waals surface area (Å²) in [6, 6.07) is 7.27. The van der Waals surface area contributed by atoms with Crippen molar-refractivity contribution in [3.63, 3.8) is 0 Å². The molecule has 3 N–H and O–H groups in total. The minimum Gasteiger partial charge on any atom is -0.387 e. The van der Waals surface area contributed by atoms with Gasteiger partial charge in [-0.1, -0.05) is 25.4 Å². The van der Waals surface area contributed by atoms with E-state index in [1.165, 1.54) is 7.11 Å². The molecule has 0 aliphatic rings. The van der Waals surface area contributed by atoms with Gasteiger partial charge in [0.25, 0.3) is 0 Å². The predicted octanol–water partition coefficient (Wildman–Crippen LogP) is 1.82. The van der Waals surface area contributed by atoms with Crippen LogP contribution in [0.4, 0.5) is 5.69 Å². The first-order valence-corrected chi connectivity index (χ1v) is 9.53. The first-order valence-electron chi connectivity index (χ1n) is 9.15. The maximum Gasteiger partial charge on any atom is 0.239 e. The van der Waals surface area contributed by atoms with Crippen LogP contribution in [-0.4, -0.2) is 62.9 Å². The molecule has 0 saturated heterocycles. The van der Waals surface area contributed by atoms with E-state index < -0.39 is 5.60 Å². The van der Waals surface area contributed by atoms with Crippen LogP contribution in [0, 0.1) is 5.41 Å². The number of methoxy groups -OCH3 is 1. The van der Waals surface area contributed by atoms with Crippen molar-refractivity contribution in [2.75, 3.05) is 45.3 Å². The van der Waals surface area contributed by atoms with E-state index in [4.69, 9.17) is 16.3 Å². The molecule has 1 aromatic rings. The van der Waals surface area contributed by atoms with Crippen LogP contribution < -0.4 is 15.5 Å². The molecule has 0 bridgehead atoms. The fraction of sp³-hybridized carbons (Fsp3) is 0.600. The molecule has 0 aliphatic carbocycles. The molecule has 1 atom stereocenters. The van der Waals surface area contributed by atoms with Gasteiger partial charge in [-0.25, -0.2) is 0 Å². The average molecular weight is 414 g/mol. The van der Waals surface area contributed by atoms with Crippen molar-refractivity contribution in [1.29, 1.82) is 0 Å². The molecule has 0 spiro atoms. The van der Waals surface area contributed by atoms with Crippen molar-refractivity contribution < 1.29 is 19.4 Å². The smallest absolute Gasteiger partial charge is 0.239 e. The number of likely N-dealkylation sites (N-methyl/N-ethyl adjacent to an activating group) is 1. The van der Waals surface area contributed by atoms with Crippen LogP contribution in [0.5, 0.6) is 0 Å². The van der Waals surface area contributed by atoms with Crippen LogP contribution in [0.2, 0.25) is 5.02 Å². The molecule has 8 heteroatoms. The molecule has 1 unspecified atom stereocenters. The van der Waals surface area contributed by atoms with Crippen LogP contribution in [0.1, 0.15) is 27.2 Å². The topological polar surface area (TPSA) is 90.9 Å². The third-order valence-electron chi connectivity index (χ3n) is 4.17. The molecular formula is C20H32ClN3O4. The highest BCUT2D eigenvalue weighted by Crippen LogP contribution is 2.17. The lowest BCUT2D eigenvalue weighted by Gasteiger charge is -2.27. The molecule has 0 heterocycles. The average Bonchev–Trinajstić information content (AvgIpc) is 2.58. The largest absolute Gasteiger partial charge is 0.387 e. The minimum atomic E-state index is -1.20. The number of anilines is 1. The zero-order valence-electron chi connectivity index (χ0n) is 17.3. The lowest BCUT2D eigenvalue weighted by atomic mass is 9.93. The van der Waals surface area contributed by atoms with Crippen molar-refractivity contribution in [1.82, 2.24) is 10.6 Å². The molecule has 1 rings (SSSR count). The summed E-state index contributed by atoms with van der Waals surface area (Å²) in [5, 5.41) is 16.4. The normalized spacial score (nSPS) is 13.5. The summed E-state index contributed by atoms with van der Waals surface area (Å²) >= 11 is 5.88. The monoisotopic (exact) mass is 413 g/mol. The Bertz CT molecular complexity index is 647. The molecule has 0 radical (unpaired) electrons. The van der Waals surface area contributed by atoms with E-state index in [1.54, 1.807) is 19.1 Å². The summed E-state index contributed by atoms with van der Waals surface area (Å²) in [5.41, 5.74) is -0.644. The van der Waals surface area contributed by atoms with Crippen molar-refractivity contribution in [2.24, 2.45) is 5.41 Å². The number of carbonyl (C=O) groups is 2. The number of aliphatic hydroxyl groups is 1. The third kappa shape index (κ3) is 9.39. The second kappa shape index (κ2) is 10.6. The Labute approximate surface area is 172 Å². The second-order valence-electron chi connectivity index (χ2n) is 8.16. The van der Waals surface area contributed by atoms with Gasteiger partial charge < -0.3 is 25.4 Å². The van der Waals surface area contributed by atoms with E-state index in [9.17, 15) is 14.7 Å². The van der Waals surface area contributed by atoms with E-state index in [2.05, 4.69) is 10.6 Å². The predicted molar refractivity (Wildman–Crippen MR) is 112 cm³/mol. The molecule has 158 valence electrons. The van der Waals surface area contributed by atoms with Crippen molar-refractivity contribution >= 4 is 29.1 Å². The molecule has 0 fully saturated rings. The molecule has 0 aliphatic heterocycles. The summed E-state index contributed by atoms with van der Waals surface area (Å²) in [7, 11) is 3.31. The fourth-order valence-electron chi connectivity index (χ4n) is 2.57. The number of nitrogens with zero attached hydrogens (tertiary/aromatic N) is 1. The van der Waals surface area contributed by atoms with E-state index in [0.717, 1.165) is 5.69 Å². The molecule has 2 amide bonds. The van der Waals surface area contributed by atoms with E-state index in [0.29, 0.717) is 18.1 Å². The number of amides is 2. The lowest BCUT2D eigenvalue weighted by Crippen LogP contribution is -2.45. The van der Waals surface area contributed by atoms with Crippen LogP contribution in [0.3, 0.4) is 0 Å². The molecule has 7 nitrogen and oxygen atoms in total. The first-order chi connectivity index (χ1) is 12.9. The lowest BCUT2D eigenvalue weighted by molar-refractivity contribution is -0.128. The molecule has 0 aromatic heterocycles. The maximum atomic E-state index is 12.2. The number of halogens is 1. The third-order valence-corrected chi connectivity index (χ3v) is 4.43. The van der Waals surface area contributed by atoms with Crippen LogP contribution in [-0.2, 0) is 14.3 Å². The summed E-state index contributed by atoms with van der Waals surface area (Å²) in [6.07, 6.45) is -0.0465. The highest BCUT2D eigenvalue weighted by atomic mass is 35.5. The van der Waals surface area contributed by atoms with Crippen molar-refractivity contribution in [2.45, 2.75) is 32.8 Å². The Hall–Kier alpha value is -1.83. The molecule has 1 aromatic carbocycles. The van der Waals surface area contributed by atoms with E-state index in [-0.39, 0.29) is 36.8 Å². The molecule has 28 heavy (non-hydrogen) atoms. The maximum absolute atomic E-state index is 12.2. The molecular weight excluding hydrogens is 382 g/mol. The van der Waals surface area contributed by atoms with Gasteiger partial charge in [-0.3, -0.25) is 9.59 Å². The number of carbonyl (C=O) groups excluding carboxylic acids is 2. The number of hydrogen-bond acceptors (Lipinski definition) is 5. The van der Waals surface area contributed by atoms with E-state index >= 15 is 0 Å². The quantitative estimate of drug-likeness (QED) is 0.514. The number of rotatable bonds is 11. The number of nitrogens with one attached hydrogen (secondary N) is 2. The summed E-state index contributed by atoms with van der Waals surface area (Å²) in [4.78, 5) is 26.1. The van der Waals surface area contributed by atoms with Gasteiger partial charge in [0.2, 0.25) is 11.8 Å². The SMILES string of the molecule is COCC(C)(O)CC(=O)NCC(C)(C)CNC(=O)CN(C)c1ccc(Cl)cc1. The number of benzene rings is 1. The van der Waals surface area contributed by atoms with Gasteiger partial charge >= 0.3 is 0 Å². The zero-order valence-corrected chi connectivity index (χ0v) is 18.1. The highest BCUT2D eigenvalue weighted by molar-refractivity contribution is 6.30. The fourth-order valence-corrected chi connectivity index (χ4v) is 2.69. The van der Waals surface area contributed by atoms with Crippen LogP contribution >= 0.6 is 11.6 Å². The standard InChI is InChI=1S/C20H32ClN3O4/c1-19(2,12-22-17(25)10-20(3,27)14-28-5)13-23-18(26)11-24(4)16-8-6-15(21)7-9-16/h6-9,27H,10-14H2,1-5H3,(H,22,25)(H,23,26). The summed E-state index contributed by atoms with van der Waals surface area (Å²) in [6.45, 7) is 6.54. The minimum absolute atomic E-state index is 0.0465. The van der Waals surface area contributed by atoms with Crippen LogP contribution in [0.25, 0.3) is 0 Å². The van der Waals surface area contributed by atoms with Crippen molar-refractivity contribution in [3.8, 4) is 0 Å². The molecule has 0 saturated carbocycles. The highest BCUT2D eigenvalue weighted by Gasteiger charge is 2.26. The Morgan fingerprint density at radius 1 is 1.11 bits per heavy atom. The second-order valence-corrected chi connectivity index (χ2v) is 8.59. The van der Waals surface area contributed by atoms with Gasteiger partial charge in [-0.2, -0.15) is 0 Å². The Morgan fingerprint density at radius 2 is 1.64 bits per heavy atom. The van der Waals surface area contributed by atoms with Gasteiger partial charge in [0.1, 0.15) is 0 Å². The Balaban J connectivity index is 2.40. The van der Waals surface area contributed by atoms with Gasteiger partial charge in [-0.05, 0) is 36.6 Å². The van der Waals surface area contributed by atoms with Crippen LogP contribution in [0.15, 0.2) is 24.3 Å².